The molecule has 2 N–H and O–H groups in total. The smallest absolute Gasteiger partial charge is 0.245 e. The molecule has 1 fully saturated rings. The molecule has 3 aromatic heterocycles. The first-order valence-electron chi connectivity index (χ1n) is 18.6. The van der Waals surface area contributed by atoms with Crippen molar-refractivity contribution in [2.75, 3.05) is 41.8 Å². The van der Waals surface area contributed by atoms with Crippen molar-refractivity contribution in [2.45, 2.75) is 43.9 Å². The predicted octanol–water partition coefficient (Wildman–Crippen LogP) is 6.71. The summed E-state index contributed by atoms with van der Waals surface area (Å²) in [6.07, 6.45) is 8.95. The largest absolute Gasteiger partial charge is 0.340 e. The molecule has 12 heteroatoms. The molecule has 1 aliphatic heterocycles. The van der Waals surface area contributed by atoms with Crippen LogP contribution >= 0.6 is 0 Å². The van der Waals surface area contributed by atoms with Gasteiger partial charge in [-0.25, -0.2) is 19.9 Å². The number of aromatic nitrogens is 6. The molecular weight excluding hydrogens is 689 g/mol. The van der Waals surface area contributed by atoms with Crippen LogP contribution in [0.25, 0.3) is 33.9 Å². The average molecular weight is 737 g/mol. The number of carbonyl (C=O) groups is 2. The van der Waals surface area contributed by atoms with E-state index in [1.54, 1.807) is 29.7 Å². The molecule has 6 aromatic rings. The highest BCUT2D eigenvalue weighted by molar-refractivity contribution is 5.84. The normalized spacial score (nSPS) is 16.0. The monoisotopic (exact) mass is 736 g/mol. The quantitative estimate of drug-likeness (QED) is 0.142. The molecule has 0 aliphatic carbocycles. The Bertz CT molecular complexity index is 2200. The Morgan fingerprint density at radius 1 is 0.673 bits per heavy atom. The number of hydrogen-bond donors (Lipinski definition) is 2. The number of rotatable bonds is 12. The minimum Gasteiger partial charge on any atom is -0.340 e. The summed E-state index contributed by atoms with van der Waals surface area (Å²) in [5.74, 6) is 2.15. The van der Waals surface area contributed by atoms with Crippen LogP contribution < -0.4 is 0 Å². The number of aromatic amines is 2. The Hall–Kier alpha value is -5.98. The first-order chi connectivity index (χ1) is 26.6. The second kappa shape index (κ2) is 16.2. The number of carbonyl (C=O) groups excluding carboxylic acids is 2. The molecule has 1 aliphatic rings. The second-order valence-corrected chi connectivity index (χ2v) is 14.6. The molecule has 4 atom stereocenters. The van der Waals surface area contributed by atoms with E-state index in [1.807, 2.05) is 142 Å². The molecule has 12 nitrogen and oxygen atoms in total. The number of amides is 2. The average Bonchev–Trinajstić information content (AvgIpc) is 4.00. The fourth-order valence-electron chi connectivity index (χ4n) is 7.40. The summed E-state index contributed by atoms with van der Waals surface area (Å²) in [5, 5.41) is 0. The molecule has 0 saturated carbocycles. The SMILES string of the molecule is C[C@@H](c1ncc(-c2ccc(-c3ncc(-c4cnc([C@@H]5CCCN5C(=O)[C@@H](c5ccccc5)N(C)C)[nH]4)cn3)cc2)[nH]1)N(C)C(=O)[C@@H](c1ccccc1)N(C)C. The Balaban J connectivity index is 1.00. The summed E-state index contributed by atoms with van der Waals surface area (Å²) in [5.41, 5.74) is 6.23. The van der Waals surface area contributed by atoms with Gasteiger partial charge < -0.3 is 19.8 Å². The van der Waals surface area contributed by atoms with Crippen LogP contribution in [0, 0.1) is 0 Å². The molecule has 0 spiro atoms. The first kappa shape index (κ1) is 37.3. The molecule has 282 valence electrons. The van der Waals surface area contributed by atoms with Crippen molar-refractivity contribution < 1.29 is 9.59 Å². The van der Waals surface area contributed by atoms with Crippen LogP contribution in [0.5, 0.6) is 0 Å². The van der Waals surface area contributed by atoms with Crippen LogP contribution in [-0.4, -0.2) is 103 Å². The van der Waals surface area contributed by atoms with E-state index in [2.05, 4.69) is 24.9 Å². The lowest BCUT2D eigenvalue weighted by Gasteiger charge is -2.31. The van der Waals surface area contributed by atoms with Gasteiger partial charge in [0.15, 0.2) is 5.82 Å². The minimum atomic E-state index is -0.398. The van der Waals surface area contributed by atoms with Crippen LogP contribution in [-0.2, 0) is 9.59 Å². The Morgan fingerprint density at radius 2 is 1.24 bits per heavy atom. The van der Waals surface area contributed by atoms with Gasteiger partial charge in [0.05, 0.1) is 35.9 Å². The van der Waals surface area contributed by atoms with E-state index in [-0.39, 0.29) is 29.9 Å². The van der Waals surface area contributed by atoms with Gasteiger partial charge in [0.1, 0.15) is 23.7 Å². The number of nitrogens with one attached hydrogen (secondary N) is 2. The van der Waals surface area contributed by atoms with Crippen molar-refractivity contribution in [3.8, 4) is 33.9 Å². The van der Waals surface area contributed by atoms with Gasteiger partial charge in [-0.05, 0) is 64.6 Å². The van der Waals surface area contributed by atoms with Gasteiger partial charge >= 0.3 is 0 Å². The summed E-state index contributed by atoms with van der Waals surface area (Å²) in [4.78, 5) is 60.7. The fraction of sp³-hybridized carbons (Fsp3) is 0.302. The molecule has 4 heterocycles. The van der Waals surface area contributed by atoms with E-state index < -0.39 is 6.04 Å². The summed E-state index contributed by atoms with van der Waals surface area (Å²) >= 11 is 0. The van der Waals surface area contributed by atoms with Crippen LogP contribution in [0.15, 0.2) is 110 Å². The van der Waals surface area contributed by atoms with Crippen molar-refractivity contribution in [3.63, 3.8) is 0 Å². The van der Waals surface area contributed by atoms with Crippen LogP contribution in [0.2, 0.25) is 0 Å². The zero-order valence-corrected chi connectivity index (χ0v) is 32.2. The Labute approximate surface area is 322 Å². The summed E-state index contributed by atoms with van der Waals surface area (Å²) in [6, 6.07) is 26.6. The Morgan fingerprint density at radius 3 is 1.85 bits per heavy atom. The van der Waals surface area contributed by atoms with E-state index in [0.29, 0.717) is 18.2 Å². The third-order valence-corrected chi connectivity index (χ3v) is 10.5. The molecule has 2 amide bonds. The van der Waals surface area contributed by atoms with Gasteiger partial charge in [0, 0.05) is 37.1 Å². The topological polar surface area (TPSA) is 130 Å². The van der Waals surface area contributed by atoms with E-state index >= 15 is 0 Å². The lowest BCUT2D eigenvalue weighted by atomic mass is 10.0. The van der Waals surface area contributed by atoms with Crippen molar-refractivity contribution in [1.29, 1.82) is 0 Å². The predicted molar refractivity (Wildman–Crippen MR) is 213 cm³/mol. The standard InChI is InChI=1S/C43H48N10O2/c1-28(52(6)42(54)37(50(2)3)30-14-9-7-10-15-30)39-46-26-34(48-39)29-19-21-32(22-20-29)40-44-24-33(25-45-40)35-27-47-41(49-35)36-18-13-23-53(36)43(55)38(51(4)5)31-16-11-8-12-17-31/h7-12,14-17,19-22,24-28,36-38H,13,18,23H2,1-6H3,(H,46,48)(H,47,49)/t28-,36-,37+,38+/m0/s1. The van der Waals surface area contributed by atoms with E-state index in [9.17, 15) is 9.59 Å². The van der Waals surface area contributed by atoms with E-state index in [0.717, 1.165) is 57.9 Å². The maximum absolute atomic E-state index is 13.9. The van der Waals surface area contributed by atoms with Gasteiger partial charge in [-0.3, -0.25) is 19.4 Å². The van der Waals surface area contributed by atoms with Crippen LogP contribution in [0.3, 0.4) is 0 Å². The molecule has 7 rings (SSSR count). The number of nitrogens with zero attached hydrogens (tertiary/aromatic N) is 8. The maximum atomic E-state index is 13.9. The van der Waals surface area contributed by atoms with Gasteiger partial charge in [0.25, 0.3) is 0 Å². The third kappa shape index (κ3) is 7.82. The number of likely N-dealkylation sites (N-methyl/N-ethyl adjacent to an activating group) is 3. The highest BCUT2D eigenvalue weighted by Gasteiger charge is 2.37. The molecule has 3 aromatic carbocycles. The highest BCUT2D eigenvalue weighted by Crippen LogP contribution is 2.35. The number of H-pyrrole nitrogens is 2. The van der Waals surface area contributed by atoms with Gasteiger partial charge in [-0.2, -0.15) is 0 Å². The van der Waals surface area contributed by atoms with Crippen molar-refractivity contribution >= 4 is 11.8 Å². The van der Waals surface area contributed by atoms with Gasteiger partial charge in [-0.1, -0.05) is 84.9 Å². The number of likely N-dealkylation sites (tertiary alicyclic amines) is 1. The van der Waals surface area contributed by atoms with E-state index in [4.69, 9.17) is 4.98 Å². The van der Waals surface area contributed by atoms with Gasteiger partial charge in [-0.15, -0.1) is 0 Å². The fourth-order valence-corrected chi connectivity index (χ4v) is 7.40. The van der Waals surface area contributed by atoms with Crippen LogP contribution in [0.4, 0.5) is 0 Å². The molecule has 55 heavy (non-hydrogen) atoms. The first-order valence-corrected chi connectivity index (χ1v) is 18.6. The minimum absolute atomic E-state index is 0.00484. The van der Waals surface area contributed by atoms with Gasteiger partial charge in [0.2, 0.25) is 11.8 Å². The van der Waals surface area contributed by atoms with Crippen molar-refractivity contribution in [1.82, 2.24) is 49.5 Å². The molecule has 0 radical (unpaired) electrons. The number of hydrogen-bond acceptors (Lipinski definition) is 8. The summed E-state index contributed by atoms with van der Waals surface area (Å²) in [7, 11) is 9.54. The second-order valence-electron chi connectivity index (χ2n) is 14.6. The third-order valence-electron chi connectivity index (χ3n) is 10.5. The molecular formula is C43H48N10O2. The van der Waals surface area contributed by atoms with E-state index in [1.165, 1.54) is 0 Å². The Kier molecular flexibility index (Phi) is 11.0. The zero-order chi connectivity index (χ0) is 38.6. The van der Waals surface area contributed by atoms with Crippen LogP contribution in [0.1, 0.15) is 66.7 Å². The lowest BCUT2D eigenvalue weighted by molar-refractivity contribution is -0.138. The van der Waals surface area contributed by atoms with Crippen molar-refractivity contribution in [2.24, 2.45) is 0 Å². The molecule has 1 saturated heterocycles. The summed E-state index contributed by atoms with van der Waals surface area (Å²) < 4.78 is 0. The zero-order valence-electron chi connectivity index (χ0n) is 32.2. The number of benzene rings is 3. The maximum Gasteiger partial charge on any atom is 0.245 e. The molecule has 0 unspecified atom stereocenters. The lowest BCUT2D eigenvalue weighted by Crippen LogP contribution is -2.40. The van der Waals surface area contributed by atoms with Crippen molar-refractivity contribution in [3.05, 3.63) is 132 Å². The summed E-state index contributed by atoms with van der Waals surface area (Å²) in [6.45, 7) is 2.67. The number of imidazole rings is 2. The molecule has 0 bridgehead atoms. The highest BCUT2D eigenvalue weighted by atomic mass is 16.2.